The Bertz CT molecular complexity index is 1520. The molecule has 1 fully saturated rings. The van der Waals surface area contributed by atoms with Crippen LogP contribution in [0.1, 0.15) is 30.1 Å². The minimum Gasteiger partial charge on any atom is -0.454 e. The van der Waals surface area contributed by atoms with E-state index in [-0.39, 0.29) is 18.5 Å². The van der Waals surface area contributed by atoms with Gasteiger partial charge in [0.25, 0.3) is 0 Å². The standard InChI is InChI=1S/C26H25N5O5S/c32-31-25(21-5-1-2-11-28-21)24(20-6-7-22-23(14-20)36-17-35-22)29-26(31)19-8-12-30(13-9-19)37(33,34)16-18-4-3-10-27-15-18/h1-7,10-11,14-15,19,32H,8-9,12-13,16-17H2. The van der Waals surface area contributed by atoms with Gasteiger partial charge in [-0.3, -0.25) is 9.97 Å². The Kier molecular flexibility index (Phi) is 6.01. The lowest BCUT2D eigenvalue weighted by molar-refractivity contribution is 0.167. The van der Waals surface area contributed by atoms with Gasteiger partial charge in [0, 0.05) is 43.2 Å². The zero-order valence-electron chi connectivity index (χ0n) is 19.9. The Morgan fingerprint density at radius 3 is 2.59 bits per heavy atom. The van der Waals surface area contributed by atoms with Crippen LogP contribution in [0.15, 0.2) is 67.1 Å². The van der Waals surface area contributed by atoms with E-state index in [0.29, 0.717) is 65.9 Å². The van der Waals surface area contributed by atoms with Crippen molar-refractivity contribution in [1.29, 1.82) is 0 Å². The van der Waals surface area contributed by atoms with Crippen molar-refractivity contribution in [3.05, 3.63) is 78.5 Å². The molecule has 10 nitrogen and oxygen atoms in total. The molecule has 0 saturated carbocycles. The highest BCUT2D eigenvalue weighted by molar-refractivity contribution is 7.88. The molecule has 2 aliphatic heterocycles. The summed E-state index contributed by atoms with van der Waals surface area (Å²) in [4.78, 5) is 13.3. The summed E-state index contributed by atoms with van der Waals surface area (Å²) in [6.45, 7) is 0.852. The van der Waals surface area contributed by atoms with Crippen LogP contribution in [0.5, 0.6) is 11.5 Å². The molecule has 11 heteroatoms. The first-order chi connectivity index (χ1) is 18.0. The van der Waals surface area contributed by atoms with Gasteiger partial charge in [-0.25, -0.2) is 17.7 Å². The van der Waals surface area contributed by atoms with Gasteiger partial charge >= 0.3 is 0 Å². The summed E-state index contributed by atoms with van der Waals surface area (Å²) in [5, 5.41) is 11.3. The summed E-state index contributed by atoms with van der Waals surface area (Å²) < 4.78 is 39.6. The van der Waals surface area contributed by atoms with Crippen LogP contribution in [-0.2, 0) is 15.8 Å². The molecule has 3 aromatic heterocycles. The van der Waals surface area contributed by atoms with Gasteiger partial charge in [0.1, 0.15) is 17.2 Å². The van der Waals surface area contributed by atoms with Crippen LogP contribution in [0.25, 0.3) is 22.6 Å². The monoisotopic (exact) mass is 519 g/mol. The summed E-state index contributed by atoms with van der Waals surface area (Å²) in [5.41, 5.74) is 3.04. The van der Waals surface area contributed by atoms with E-state index in [2.05, 4.69) is 9.97 Å². The van der Waals surface area contributed by atoms with Crippen LogP contribution in [0.4, 0.5) is 0 Å². The molecule has 37 heavy (non-hydrogen) atoms. The van der Waals surface area contributed by atoms with Crippen molar-refractivity contribution in [2.45, 2.75) is 24.5 Å². The Labute approximate surface area is 214 Å². The highest BCUT2D eigenvalue weighted by Gasteiger charge is 2.33. The zero-order valence-corrected chi connectivity index (χ0v) is 20.7. The Balaban J connectivity index is 1.29. The zero-order chi connectivity index (χ0) is 25.4. The molecule has 1 saturated heterocycles. The van der Waals surface area contributed by atoms with Crippen LogP contribution in [0, 0.1) is 0 Å². The van der Waals surface area contributed by atoms with E-state index in [9.17, 15) is 13.6 Å². The maximum Gasteiger partial charge on any atom is 0.231 e. The third-order valence-corrected chi connectivity index (χ3v) is 8.57. The lowest BCUT2D eigenvalue weighted by Crippen LogP contribution is -2.39. The molecule has 0 amide bonds. The molecule has 0 atom stereocenters. The molecular formula is C26H25N5O5S. The first-order valence-corrected chi connectivity index (χ1v) is 13.6. The van der Waals surface area contributed by atoms with Crippen molar-refractivity contribution in [2.24, 2.45) is 0 Å². The number of nitrogens with zero attached hydrogens (tertiary/aromatic N) is 5. The van der Waals surface area contributed by atoms with E-state index in [1.807, 2.05) is 36.4 Å². The fourth-order valence-electron chi connectivity index (χ4n) is 4.85. The number of hydrogen-bond donors (Lipinski definition) is 1. The van der Waals surface area contributed by atoms with Gasteiger partial charge in [-0.15, -0.1) is 0 Å². The number of pyridine rings is 2. The van der Waals surface area contributed by atoms with Gasteiger partial charge in [-0.1, -0.05) is 12.1 Å². The summed E-state index contributed by atoms with van der Waals surface area (Å²) in [6.07, 6.45) is 5.93. The minimum atomic E-state index is -3.48. The van der Waals surface area contributed by atoms with Crippen LogP contribution < -0.4 is 9.47 Å². The number of imidazole rings is 1. The molecule has 0 bridgehead atoms. The van der Waals surface area contributed by atoms with Gasteiger partial charge < -0.3 is 14.7 Å². The van der Waals surface area contributed by atoms with E-state index in [1.54, 1.807) is 30.7 Å². The SMILES string of the molecule is O=S(=O)(Cc1cccnc1)N1CCC(c2nc(-c3ccc4c(c3)OCO4)c(-c3ccccn3)n2O)CC1. The van der Waals surface area contributed by atoms with Gasteiger partial charge in [-0.2, -0.15) is 4.73 Å². The summed E-state index contributed by atoms with van der Waals surface area (Å²) in [6, 6.07) is 14.5. The van der Waals surface area contributed by atoms with Crippen molar-refractivity contribution in [2.75, 3.05) is 19.9 Å². The smallest absolute Gasteiger partial charge is 0.231 e. The van der Waals surface area contributed by atoms with Crippen molar-refractivity contribution in [3.8, 4) is 34.1 Å². The van der Waals surface area contributed by atoms with Gasteiger partial charge in [0.05, 0.1) is 11.4 Å². The summed E-state index contributed by atoms with van der Waals surface area (Å²) in [5.74, 6) is 1.55. The molecule has 4 aromatic rings. The second kappa shape index (κ2) is 9.49. The molecule has 0 radical (unpaired) electrons. The predicted octanol–water partition coefficient (Wildman–Crippen LogP) is 3.68. The molecule has 2 aliphatic rings. The maximum atomic E-state index is 13.0. The molecular weight excluding hydrogens is 494 g/mol. The number of sulfonamides is 1. The normalized spacial score (nSPS) is 16.2. The molecule has 5 heterocycles. The van der Waals surface area contributed by atoms with Crippen LogP contribution in [0.3, 0.4) is 0 Å². The fourth-order valence-corrected chi connectivity index (χ4v) is 6.39. The second-order valence-electron chi connectivity index (χ2n) is 9.05. The molecule has 6 rings (SSSR count). The fraction of sp³-hybridized carbons (Fsp3) is 0.269. The average Bonchev–Trinajstić information content (AvgIpc) is 3.53. The maximum absolute atomic E-state index is 13.0. The third-order valence-electron chi connectivity index (χ3n) is 6.72. The topological polar surface area (TPSA) is 120 Å². The molecule has 0 spiro atoms. The lowest BCUT2D eigenvalue weighted by Gasteiger charge is -2.30. The Hall–Kier alpha value is -3.96. The lowest BCUT2D eigenvalue weighted by atomic mass is 9.97. The first-order valence-electron chi connectivity index (χ1n) is 12.0. The largest absolute Gasteiger partial charge is 0.454 e. The average molecular weight is 520 g/mol. The van der Waals surface area contributed by atoms with E-state index in [4.69, 9.17) is 14.5 Å². The number of hydrogen-bond acceptors (Lipinski definition) is 8. The molecule has 0 aliphatic carbocycles. The first kappa shape index (κ1) is 23.4. The van der Waals surface area contributed by atoms with Crippen molar-refractivity contribution < 1.29 is 23.1 Å². The highest BCUT2D eigenvalue weighted by atomic mass is 32.2. The van der Waals surface area contributed by atoms with Crippen LogP contribution >= 0.6 is 0 Å². The van der Waals surface area contributed by atoms with Gasteiger partial charge in [0.15, 0.2) is 11.5 Å². The summed E-state index contributed by atoms with van der Waals surface area (Å²) >= 11 is 0. The van der Waals surface area contributed by atoms with E-state index >= 15 is 0 Å². The molecule has 0 unspecified atom stereocenters. The Morgan fingerprint density at radius 2 is 1.84 bits per heavy atom. The van der Waals surface area contributed by atoms with E-state index in [1.165, 1.54) is 4.31 Å². The van der Waals surface area contributed by atoms with E-state index < -0.39 is 10.0 Å². The van der Waals surface area contributed by atoms with Gasteiger partial charge in [0.2, 0.25) is 16.8 Å². The number of ether oxygens (including phenoxy) is 2. The van der Waals surface area contributed by atoms with Crippen molar-refractivity contribution >= 4 is 10.0 Å². The quantitative estimate of drug-likeness (QED) is 0.383. The van der Waals surface area contributed by atoms with E-state index in [0.717, 1.165) is 10.3 Å². The highest BCUT2D eigenvalue weighted by Crippen LogP contribution is 2.40. The number of piperidine rings is 1. The predicted molar refractivity (Wildman–Crippen MR) is 135 cm³/mol. The third kappa shape index (κ3) is 4.51. The number of fused-ring (bicyclic) bond motifs is 1. The van der Waals surface area contributed by atoms with Crippen LogP contribution in [-0.4, -0.2) is 57.5 Å². The molecule has 1 aromatic carbocycles. The summed E-state index contributed by atoms with van der Waals surface area (Å²) in [7, 11) is -3.48. The number of aromatic nitrogens is 4. The van der Waals surface area contributed by atoms with Crippen molar-refractivity contribution in [3.63, 3.8) is 0 Å². The molecule has 190 valence electrons. The van der Waals surface area contributed by atoms with Crippen molar-refractivity contribution in [1.82, 2.24) is 24.0 Å². The van der Waals surface area contributed by atoms with Crippen LogP contribution in [0.2, 0.25) is 0 Å². The number of benzene rings is 1. The second-order valence-corrected chi connectivity index (χ2v) is 11.0. The molecule has 1 N–H and O–H groups in total. The number of rotatable bonds is 6. The van der Waals surface area contributed by atoms with Gasteiger partial charge in [-0.05, 0) is 54.8 Å². The minimum absolute atomic E-state index is 0.0851. The Morgan fingerprint density at radius 1 is 1.00 bits per heavy atom.